The van der Waals surface area contributed by atoms with Gasteiger partial charge in [0.1, 0.15) is 27.6 Å². The zero-order valence-corrected chi connectivity index (χ0v) is 23.2. The zero-order chi connectivity index (χ0) is 30.4. The molecule has 0 spiro atoms. The van der Waals surface area contributed by atoms with Crippen LogP contribution in [0.4, 0.5) is 32.0 Å². The molecule has 4 nitrogen and oxygen atoms in total. The molecule has 0 bridgehead atoms. The molecule has 0 unspecified atom stereocenters. The summed E-state index contributed by atoms with van der Waals surface area (Å²) in [6, 6.07) is 6.57. The molecular weight excluding hydrogens is 642 g/mol. The van der Waals surface area contributed by atoms with Gasteiger partial charge < -0.3 is 5.32 Å². The molecule has 3 aromatic rings. The second-order valence-corrected chi connectivity index (χ2v) is 11.4. The van der Waals surface area contributed by atoms with Crippen molar-refractivity contribution < 1.29 is 40.7 Å². The first-order valence-electron chi connectivity index (χ1n) is 11.5. The highest BCUT2D eigenvalue weighted by molar-refractivity contribution is 6.53. The number of benzene rings is 3. The average Bonchev–Trinajstić information content (AvgIpc) is 3.47. The van der Waals surface area contributed by atoms with Crippen molar-refractivity contribution in [2.24, 2.45) is 5.92 Å². The van der Waals surface area contributed by atoms with Crippen molar-refractivity contribution >= 4 is 69.6 Å². The lowest BCUT2D eigenvalue weighted by Gasteiger charge is -2.12. The summed E-state index contributed by atoms with van der Waals surface area (Å²) in [5.74, 6) is -9.55. The summed E-state index contributed by atoms with van der Waals surface area (Å²) in [4.78, 5) is 37.2. The van der Waals surface area contributed by atoms with Crippen molar-refractivity contribution in [2.75, 3.05) is 5.32 Å². The Labute approximate surface area is 248 Å². The summed E-state index contributed by atoms with van der Waals surface area (Å²) in [6.45, 7) is 0. The maximum atomic E-state index is 14.6. The lowest BCUT2D eigenvalue weighted by molar-refractivity contribution is -0.128. The molecule has 41 heavy (non-hydrogen) atoms. The van der Waals surface area contributed by atoms with Crippen molar-refractivity contribution in [1.29, 1.82) is 0 Å². The van der Waals surface area contributed by atoms with Crippen LogP contribution in [0.1, 0.15) is 33.0 Å². The minimum absolute atomic E-state index is 0.217. The molecule has 0 saturated heterocycles. The van der Waals surface area contributed by atoms with Crippen molar-refractivity contribution in [3.05, 3.63) is 98.0 Å². The summed E-state index contributed by atoms with van der Waals surface area (Å²) < 4.78 is 80.1. The molecular formula is C27H15Cl4F6NO3. The third-order valence-electron chi connectivity index (χ3n) is 6.41. The SMILES string of the molecule is O=C(Cc1cc(CC(=O)C(F)F)c(F)cc1F)c1cc(NC(=O)[C@H]2[C@H](c3ccc(F)c(Cl)c3)C2(Cl)Cl)cc(F)c1Cl. The van der Waals surface area contributed by atoms with Crippen LogP contribution in [0, 0.1) is 29.2 Å². The number of carbonyl (C=O) groups excluding carboxylic acids is 3. The number of ketones is 2. The van der Waals surface area contributed by atoms with Gasteiger partial charge in [0, 0.05) is 36.1 Å². The normalized spacial score (nSPS) is 17.4. The summed E-state index contributed by atoms with van der Waals surface area (Å²) >= 11 is 24.3. The molecule has 1 fully saturated rings. The smallest absolute Gasteiger partial charge is 0.296 e. The maximum Gasteiger partial charge on any atom is 0.296 e. The van der Waals surface area contributed by atoms with E-state index in [0.717, 1.165) is 24.3 Å². The summed E-state index contributed by atoms with van der Waals surface area (Å²) in [5.41, 5.74) is -1.39. The fraction of sp³-hybridized carbons (Fsp3) is 0.222. The Morgan fingerprint density at radius 2 is 1.46 bits per heavy atom. The van der Waals surface area contributed by atoms with E-state index < -0.39 is 97.9 Å². The molecule has 3 aromatic carbocycles. The number of alkyl halides is 4. The zero-order valence-electron chi connectivity index (χ0n) is 20.2. The van der Waals surface area contributed by atoms with Gasteiger partial charge in [-0.1, -0.05) is 29.3 Å². The number of Topliss-reactive ketones (excluding diaryl/α,β-unsaturated/α-hetero) is 2. The molecule has 1 amide bonds. The molecule has 1 N–H and O–H groups in total. The fourth-order valence-corrected chi connectivity index (χ4v) is 5.54. The molecule has 0 aliphatic heterocycles. The van der Waals surface area contributed by atoms with Crippen LogP contribution in [0.5, 0.6) is 0 Å². The minimum Gasteiger partial charge on any atom is -0.326 e. The van der Waals surface area contributed by atoms with Gasteiger partial charge in [-0.3, -0.25) is 14.4 Å². The number of amides is 1. The Balaban J connectivity index is 1.55. The molecule has 1 aliphatic rings. The number of nitrogens with one attached hydrogen (secondary N) is 1. The molecule has 2 atom stereocenters. The van der Waals surface area contributed by atoms with E-state index in [2.05, 4.69) is 5.32 Å². The molecule has 14 heteroatoms. The van der Waals surface area contributed by atoms with Crippen molar-refractivity contribution in [3.63, 3.8) is 0 Å². The van der Waals surface area contributed by atoms with Gasteiger partial charge >= 0.3 is 0 Å². The maximum absolute atomic E-state index is 14.6. The highest BCUT2D eigenvalue weighted by atomic mass is 35.5. The number of rotatable bonds is 9. The van der Waals surface area contributed by atoms with Crippen LogP contribution in [-0.4, -0.2) is 28.2 Å². The fourth-order valence-electron chi connectivity index (χ4n) is 4.31. The van der Waals surface area contributed by atoms with Crippen LogP contribution in [-0.2, 0) is 22.4 Å². The Morgan fingerprint density at radius 1 is 0.829 bits per heavy atom. The van der Waals surface area contributed by atoms with Gasteiger partial charge in [-0.2, -0.15) is 0 Å². The first-order chi connectivity index (χ1) is 19.1. The summed E-state index contributed by atoms with van der Waals surface area (Å²) in [6.07, 6.45) is -5.25. The largest absolute Gasteiger partial charge is 0.326 e. The topological polar surface area (TPSA) is 63.2 Å². The van der Waals surface area contributed by atoms with Gasteiger partial charge in [-0.25, -0.2) is 26.3 Å². The van der Waals surface area contributed by atoms with E-state index >= 15 is 0 Å². The number of carbonyl (C=O) groups is 3. The van der Waals surface area contributed by atoms with E-state index in [0.29, 0.717) is 11.6 Å². The number of hydrogen-bond donors (Lipinski definition) is 1. The van der Waals surface area contributed by atoms with Crippen molar-refractivity contribution in [1.82, 2.24) is 0 Å². The quantitative estimate of drug-likeness (QED) is 0.145. The first-order valence-corrected chi connectivity index (χ1v) is 13.1. The van der Waals surface area contributed by atoms with Crippen LogP contribution >= 0.6 is 46.4 Å². The van der Waals surface area contributed by atoms with Crippen LogP contribution < -0.4 is 5.32 Å². The van der Waals surface area contributed by atoms with Gasteiger partial charge in [0.25, 0.3) is 6.43 Å². The summed E-state index contributed by atoms with van der Waals surface area (Å²) in [5, 5.41) is 1.49. The van der Waals surface area contributed by atoms with Crippen molar-refractivity contribution in [2.45, 2.75) is 29.5 Å². The molecule has 0 aromatic heterocycles. The number of hydrogen-bond acceptors (Lipinski definition) is 3. The molecule has 216 valence electrons. The van der Waals surface area contributed by atoms with Gasteiger partial charge in [0.15, 0.2) is 5.78 Å². The Hall–Kier alpha value is -2.79. The third kappa shape index (κ3) is 6.51. The monoisotopic (exact) mass is 655 g/mol. The predicted octanol–water partition coefficient (Wildman–Crippen LogP) is 7.88. The molecule has 0 heterocycles. The van der Waals surface area contributed by atoms with E-state index in [-0.39, 0.29) is 10.7 Å². The lowest BCUT2D eigenvalue weighted by Crippen LogP contribution is -2.18. The van der Waals surface area contributed by atoms with Gasteiger partial charge in [0.2, 0.25) is 11.7 Å². The van der Waals surface area contributed by atoms with E-state index in [1.165, 1.54) is 12.1 Å². The highest BCUT2D eigenvalue weighted by Crippen LogP contribution is 2.65. The first kappa shape index (κ1) is 31.2. The van der Waals surface area contributed by atoms with Crippen LogP contribution in [0.15, 0.2) is 42.5 Å². The van der Waals surface area contributed by atoms with E-state index in [1.54, 1.807) is 0 Å². The molecule has 4 rings (SSSR count). The van der Waals surface area contributed by atoms with E-state index in [9.17, 15) is 40.7 Å². The number of halogens is 10. The Bertz CT molecular complexity index is 1580. The highest BCUT2D eigenvalue weighted by Gasteiger charge is 2.67. The molecule has 0 radical (unpaired) electrons. The van der Waals surface area contributed by atoms with Crippen LogP contribution in [0.25, 0.3) is 0 Å². The van der Waals surface area contributed by atoms with Crippen molar-refractivity contribution in [3.8, 4) is 0 Å². The Kier molecular flexibility index (Phi) is 8.99. The van der Waals surface area contributed by atoms with Gasteiger partial charge in [0.05, 0.1) is 16.0 Å². The van der Waals surface area contributed by atoms with E-state index in [4.69, 9.17) is 46.4 Å². The summed E-state index contributed by atoms with van der Waals surface area (Å²) in [7, 11) is 0. The average molecular weight is 657 g/mol. The van der Waals surface area contributed by atoms with Crippen LogP contribution in [0.3, 0.4) is 0 Å². The van der Waals surface area contributed by atoms with Gasteiger partial charge in [-0.15, -0.1) is 23.2 Å². The van der Waals surface area contributed by atoms with E-state index in [1.807, 2.05) is 0 Å². The second-order valence-electron chi connectivity index (χ2n) is 9.19. The molecule has 1 aliphatic carbocycles. The lowest BCUT2D eigenvalue weighted by atomic mass is 9.98. The van der Waals surface area contributed by atoms with Gasteiger partial charge in [-0.05, 0) is 47.0 Å². The standard InChI is InChI=1S/C27H15Cl4F6NO3/c28-15-4-10(1-2-16(15)32)22-23(27(22,30)31)26(41)38-13-7-14(24(29)19(35)8-13)20(39)5-11-3-12(6-21(40)25(36)37)18(34)9-17(11)33/h1-4,7-9,22-23,25H,5-6H2,(H,38,41)/t22-,23+/m0/s1. The second kappa shape index (κ2) is 11.8. The third-order valence-corrected chi connectivity index (χ3v) is 8.02. The van der Waals surface area contributed by atoms with Crippen LogP contribution in [0.2, 0.25) is 10.0 Å². The molecule has 1 saturated carbocycles. The Morgan fingerprint density at radius 3 is 2.07 bits per heavy atom. The number of anilines is 1. The minimum atomic E-state index is -3.38. The predicted molar refractivity (Wildman–Crippen MR) is 141 cm³/mol.